The lowest BCUT2D eigenvalue weighted by molar-refractivity contribution is 0.955. The normalized spacial score (nSPS) is 9.67. The molecule has 64 valence electrons. The van der Waals surface area contributed by atoms with E-state index >= 15 is 0 Å². The summed E-state index contributed by atoms with van der Waals surface area (Å²) in [5.74, 6) is 3.52. The molecule has 0 aliphatic heterocycles. The average molecular weight is 216 g/mol. The van der Waals surface area contributed by atoms with E-state index < -0.39 is 0 Å². The summed E-state index contributed by atoms with van der Waals surface area (Å²) in [7, 11) is 0. The summed E-state index contributed by atoms with van der Waals surface area (Å²) >= 11 is 4.91. The molecule has 1 rings (SSSR count). The highest BCUT2D eigenvalue weighted by atomic mass is 32.2. The summed E-state index contributed by atoms with van der Waals surface area (Å²) < 4.78 is 2.02. The van der Waals surface area contributed by atoms with Crippen molar-refractivity contribution in [3.63, 3.8) is 0 Å². The van der Waals surface area contributed by atoms with Crippen LogP contribution in [0, 0.1) is 12.3 Å². The third-order valence-electron chi connectivity index (χ3n) is 1.03. The Morgan fingerprint density at radius 1 is 1.50 bits per heavy atom. The molecule has 0 aromatic carbocycles. The first-order valence-electron chi connectivity index (χ1n) is 3.30. The minimum absolute atomic E-state index is 0.791. The second-order valence-corrected chi connectivity index (χ2v) is 5.21. The van der Waals surface area contributed by atoms with Gasteiger partial charge in [-0.05, 0) is 6.26 Å². The van der Waals surface area contributed by atoms with Gasteiger partial charge in [-0.25, -0.2) is 0 Å². The van der Waals surface area contributed by atoms with Crippen LogP contribution in [-0.2, 0) is 0 Å². The molecule has 1 heterocycles. The highest BCUT2D eigenvalue weighted by Crippen LogP contribution is 2.27. The van der Waals surface area contributed by atoms with Gasteiger partial charge in [0.25, 0.3) is 0 Å². The summed E-state index contributed by atoms with van der Waals surface area (Å²) in [6.45, 7) is 0. The molecule has 5 heteroatoms. The zero-order chi connectivity index (χ0) is 8.81. The quantitative estimate of drug-likeness (QED) is 0.438. The van der Waals surface area contributed by atoms with Crippen LogP contribution in [0.4, 0.5) is 0 Å². The summed E-state index contributed by atoms with van der Waals surface area (Å²) in [5, 5.41) is 7.97. The van der Waals surface area contributed by atoms with Gasteiger partial charge >= 0.3 is 0 Å². The van der Waals surface area contributed by atoms with Gasteiger partial charge in [-0.2, -0.15) is 0 Å². The van der Waals surface area contributed by atoms with Crippen LogP contribution >= 0.6 is 34.9 Å². The van der Waals surface area contributed by atoms with Crippen molar-refractivity contribution in [1.29, 1.82) is 0 Å². The van der Waals surface area contributed by atoms with Gasteiger partial charge in [0, 0.05) is 12.2 Å². The number of hydrogen-bond donors (Lipinski definition) is 0. The van der Waals surface area contributed by atoms with Crippen LogP contribution in [0.25, 0.3) is 0 Å². The molecule has 0 fully saturated rings. The van der Waals surface area contributed by atoms with Gasteiger partial charge in [0.2, 0.25) is 0 Å². The predicted molar refractivity (Wildman–Crippen MR) is 55.9 cm³/mol. The topological polar surface area (TPSA) is 25.8 Å². The molecule has 0 bridgehead atoms. The van der Waals surface area contributed by atoms with Gasteiger partial charge in [-0.1, -0.05) is 34.9 Å². The first kappa shape index (κ1) is 9.90. The van der Waals surface area contributed by atoms with Crippen molar-refractivity contribution in [3.05, 3.63) is 0 Å². The number of terminal acetylenes is 1. The van der Waals surface area contributed by atoms with Crippen molar-refractivity contribution >= 4 is 34.9 Å². The molecule has 0 radical (unpaired) electrons. The van der Waals surface area contributed by atoms with Crippen LogP contribution in [0.3, 0.4) is 0 Å². The molecule has 2 nitrogen and oxygen atoms in total. The van der Waals surface area contributed by atoms with Crippen molar-refractivity contribution in [3.8, 4) is 12.3 Å². The van der Waals surface area contributed by atoms with Crippen molar-refractivity contribution in [1.82, 2.24) is 10.2 Å². The minimum atomic E-state index is 0.791. The molecule has 0 saturated heterocycles. The molecule has 0 aliphatic rings. The van der Waals surface area contributed by atoms with Gasteiger partial charge < -0.3 is 0 Å². The number of nitrogens with zero attached hydrogens (tertiary/aromatic N) is 2. The van der Waals surface area contributed by atoms with E-state index in [4.69, 9.17) is 6.42 Å². The predicted octanol–water partition coefficient (Wildman–Crippen LogP) is 2.38. The summed E-state index contributed by atoms with van der Waals surface area (Å²) in [6, 6.07) is 0. The van der Waals surface area contributed by atoms with Crippen LogP contribution < -0.4 is 0 Å². The summed E-state index contributed by atoms with van der Waals surface area (Å²) in [6.07, 6.45) is 7.91. The van der Waals surface area contributed by atoms with Gasteiger partial charge in [0.15, 0.2) is 8.68 Å². The molecule has 1 aromatic rings. The molecule has 0 saturated carbocycles. The molecule has 0 N–H and O–H groups in total. The van der Waals surface area contributed by atoms with E-state index in [9.17, 15) is 0 Å². The monoisotopic (exact) mass is 216 g/mol. The number of hydrogen-bond acceptors (Lipinski definition) is 5. The Balaban J connectivity index is 2.37. The highest BCUT2D eigenvalue weighted by Gasteiger charge is 2.01. The SMILES string of the molecule is C#CCCSc1nnc(SC)s1. The number of aromatic nitrogens is 2. The Kier molecular flexibility index (Phi) is 4.51. The largest absolute Gasteiger partial charge is 0.175 e. The third-order valence-corrected chi connectivity index (χ3v) is 4.07. The van der Waals surface area contributed by atoms with Crippen LogP contribution in [0.1, 0.15) is 6.42 Å². The average Bonchev–Trinajstić information content (AvgIpc) is 2.53. The Bertz CT molecular complexity index is 276. The Labute approximate surface area is 84.5 Å². The van der Waals surface area contributed by atoms with E-state index in [1.165, 1.54) is 0 Å². The van der Waals surface area contributed by atoms with Crippen LogP contribution in [0.5, 0.6) is 0 Å². The van der Waals surface area contributed by atoms with Crippen molar-refractivity contribution in [2.75, 3.05) is 12.0 Å². The zero-order valence-electron chi connectivity index (χ0n) is 6.61. The molecule has 0 unspecified atom stereocenters. The van der Waals surface area contributed by atoms with E-state index in [0.717, 1.165) is 20.9 Å². The summed E-state index contributed by atoms with van der Waals surface area (Å²) in [4.78, 5) is 0. The molecular formula is C7H8N2S3. The molecule has 1 aromatic heterocycles. The Morgan fingerprint density at radius 3 is 2.83 bits per heavy atom. The van der Waals surface area contributed by atoms with E-state index in [1.54, 1.807) is 34.9 Å². The highest BCUT2D eigenvalue weighted by molar-refractivity contribution is 8.02. The van der Waals surface area contributed by atoms with Gasteiger partial charge in [0.05, 0.1) is 0 Å². The van der Waals surface area contributed by atoms with E-state index in [1.807, 2.05) is 6.26 Å². The first-order chi connectivity index (χ1) is 5.86. The second kappa shape index (κ2) is 5.46. The number of rotatable bonds is 4. The van der Waals surface area contributed by atoms with E-state index in [0.29, 0.717) is 0 Å². The number of thioether (sulfide) groups is 2. The van der Waals surface area contributed by atoms with Crippen LogP contribution in [0.2, 0.25) is 0 Å². The first-order valence-corrected chi connectivity index (χ1v) is 6.33. The molecule has 0 spiro atoms. The van der Waals surface area contributed by atoms with Gasteiger partial charge in [0.1, 0.15) is 0 Å². The maximum Gasteiger partial charge on any atom is 0.175 e. The Hall–Kier alpha value is -0.180. The maximum atomic E-state index is 5.12. The van der Waals surface area contributed by atoms with E-state index in [-0.39, 0.29) is 0 Å². The molecular weight excluding hydrogens is 208 g/mol. The standard InChI is InChI=1S/C7H8N2S3/c1-3-4-5-11-7-9-8-6(10-2)12-7/h1H,4-5H2,2H3. The van der Waals surface area contributed by atoms with Gasteiger partial charge in [-0.15, -0.1) is 22.5 Å². The second-order valence-electron chi connectivity index (χ2n) is 1.84. The molecule has 0 aliphatic carbocycles. The van der Waals surface area contributed by atoms with Crippen molar-refractivity contribution < 1.29 is 0 Å². The molecule has 0 amide bonds. The van der Waals surface area contributed by atoms with Crippen LogP contribution in [-0.4, -0.2) is 22.2 Å². The lowest BCUT2D eigenvalue weighted by atomic mass is 10.5. The fraction of sp³-hybridized carbons (Fsp3) is 0.429. The van der Waals surface area contributed by atoms with Crippen molar-refractivity contribution in [2.45, 2.75) is 15.1 Å². The van der Waals surface area contributed by atoms with Crippen molar-refractivity contribution in [2.24, 2.45) is 0 Å². The third kappa shape index (κ3) is 3.05. The lowest BCUT2D eigenvalue weighted by Crippen LogP contribution is -1.75. The zero-order valence-corrected chi connectivity index (χ0v) is 9.06. The maximum absolute atomic E-state index is 5.12. The summed E-state index contributed by atoms with van der Waals surface area (Å²) in [5.41, 5.74) is 0. The molecule has 12 heavy (non-hydrogen) atoms. The lowest BCUT2D eigenvalue weighted by Gasteiger charge is -1.88. The smallest absolute Gasteiger partial charge is 0.131 e. The van der Waals surface area contributed by atoms with Gasteiger partial charge in [-0.3, -0.25) is 0 Å². The minimum Gasteiger partial charge on any atom is -0.131 e. The molecule has 0 atom stereocenters. The fourth-order valence-corrected chi connectivity index (χ4v) is 2.91. The van der Waals surface area contributed by atoms with Crippen LogP contribution in [0.15, 0.2) is 8.68 Å². The fourth-order valence-electron chi connectivity index (χ4n) is 0.535. The Morgan fingerprint density at radius 2 is 2.25 bits per heavy atom. The van der Waals surface area contributed by atoms with E-state index in [2.05, 4.69) is 16.1 Å².